The Bertz CT molecular complexity index is 691. The second kappa shape index (κ2) is 9.13. The van der Waals surface area contributed by atoms with Gasteiger partial charge in [0.25, 0.3) is 0 Å². The number of aliphatic hydroxyl groups is 1. The SMILES string of the molecule is Cc1cnccc1CCNC(=O)NC(C)CC(O)c1ccc(F)cc1. The lowest BCUT2D eigenvalue weighted by atomic mass is 10.0. The van der Waals surface area contributed by atoms with E-state index in [1.807, 2.05) is 19.9 Å². The number of carbonyl (C=O) groups is 1. The van der Waals surface area contributed by atoms with Crippen LogP contribution in [-0.4, -0.2) is 28.7 Å². The van der Waals surface area contributed by atoms with Crippen LogP contribution >= 0.6 is 0 Å². The number of pyridine rings is 1. The quantitative estimate of drug-likeness (QED) is 0.722. The van der Waals surface area contributed by atoms with Crippen LogP contribution in [0.2, 0.25) is 0 Å². The van der Waals surface area contributed by atoms with Crippen LogP contribution in [0.4, 0.5) is 9.18 Å². The van der Waals surface area contributed by atoms with E-state index in [0.717, 1.165) is 17.5 Å². The van der Waals surface area contributed by atoms with Gasteiger partial charge in [-0.15, -0.1) is 0 Å². The van der Waals surface area contributed by atoms with Gasteiger partial charge in [-0.1, -0.05) is 12.1 Å². The highest BCUT2D eigenvalue weighted by Crippen LogP contribution is 2.18. The molecular formula is C19H24FN3O2. The van der Waals surface area contributed by atoms with E-state index in [1.165, 1.54) is 12.1 Å². The first-order valence-electron chi connectivity index (χ1n) is 8.33. The number of halogens is 1. The lowest BCUT2D eigenvalue weighted by Gasteiger charge is -2.18. The Kier molecular flexibility index (Phi) is 6.89. The van der Waals surface area contributed by atoms with Gasteiger partial charge in [-0.05, 0) is 61.6 Å². The molecule has 5 nitrogen and oxygen atoms in total. The van der Waals surface area contributed by atoms with Crippen molar-refractivity contribution in [1.82, 2.24) is 15.6 Å². The third kappa shape index (κ3) is 6.15. The maximum Gasteiger partial charge on any atom is 0.315 e. The molecule has 0 fully saturated rings. The van der Waals surface area contributed by atoms with E-state index in [9.17, 15) is 14.3 Å². The molecule has 6 heteroatoms. The standard InChI is InChI=1S/C19H24FN3O2/c1-13-12-21-9-7-15(13)8-10-22-19(25)23-14(2)11-18(24)16-3-5-17(20)6-4-16/h3-7,9,12,14,18,24H,8,10-11H2,1-2H3,(H2,22,23,25). The van der Waals surface area contributed by atoms with Gasteiger partial charge in [-0.3, -0.25) is 4.98 Å². The van der Waals surface area contributed by atoms with Crippen molar-refractivity contribution in [2.45, 2.75) is 38.8 Å². The Hall–Kier alpha value is -2.47. The van der Waals surface area contributed by atoms with Gasteiger partial charge in [0.15, 0.2) is 0 Å². The zero-order valence-electron chi connectivity index (χ0n) is 14.5. The second-order valence-corrected chi connectivity index (χ2v) is 6.16. The molecule has 25 heavy (non-hydrogen) atoms. The smallest absolute Gasteiger partial charge is 0.315 e. The number of urea groups is 1. The van der Waals surface area contributed by atoms with Crippen LogP contribution in [0.1, 0.15) is 36.1 Å². The summed E-state index contributed by atoms with van der Waals surface area (Å²) in [6.45, 7) is 4.32. The van der Waals surface area contributed by atoms with E-state index in [2.05, 4.69) is 15.6 Å². The van der Waals surface area contributed by atoms with Crippen molar-refractivity contribution in [3.63, 3.8) is 0 Å². The molecule has 2 amide bonds. The molecule has 0 saturated carbocycles. The summed E-state index contributed by atoms with van der Waals surface area (Å²) in [4.78, 5) is 16.0. The van der Waals surface area contributed by atoms with Gasteiger partial charge in [-0.25, -0.2) is 9.18 Å². The molecule has 0 aliphatic rings. The maximum atomic E-state index is 12.9. The molecule has 134 valence electrons. The average molecular weight is 345 g/mol. The highest BCUT2D eigenvalue weighted by molar-refractivity contribution is 5.74. The predicted octanol–water partition coefficient (Wildman–Crippen LogP) is 2.88. The van der Waals surface area contributed by atoms with Crippen LogP contribution in [-0.2, 0) is 6.42 Å². The summed E-state index contributed by atoms with van der Waals surface area (Å²) in [7, 11) is 0. The average Bonchev–Trinajstić information content (AvgIpc) is 2.57. The first-order valence-corrected chi connectivity index (χ1v) is 8.33. The Morgan fingerprint density at radius 2 is 2.00 bits per heavy atom. The fraction of sp³-hybridized carbons (Fsp3) is 0.368. The lowest BCUT2D eigenvalue weighted by molar-refractivity contribution is 0.154. The predicted molar refractivity (Wildman–Crippen MR) is 94.7 cm³/mol. The molecule has 0 spiro atoms. The Balaban J connectivity index is 1.72. The third-order valence-corrected chi connectivity index (χ3v) is 4.03. The van der Waals surface area contributed by atoms with Gasteiger partial charge in [0.1, 0.15) is 5.82 Å². The minimum absolute atomic E-state index is 0.220. The van der Waals surface area contributed by atoms with Gasteiger partial charge in [0.05, 0.1) is 6.10 Å². The number of aromatic nitrogens is 1. The number of nitrogens with one attached hydrogen (secondary N) is 2. The maximum absolute atomic E-state index is 12.9. The van der Waals surface area contributed by atoms with E-state index in [1.54, 1.807) is 24.5 Å². The highest BCUT2D eigenvalue weighted by atomic mass is 19.1. The molecule has 1 heterocycles. The fourth-order valence-corrected chi connectivity index (χ4v) is 2.58. The summed E-state index contributed by atoms with van der Waals surface area (Å²) in [5.41, 5.74) is 2.87. The Labute approximate surface area is 147 Å². The van der Waals surface area contributed by atoms with Crippen molar-refractivity contribution < 1.29 is 14.3 Å². The number of benzene rings is 1. The Morgan fingerprint density at radius 1 is 1.28 bits per heavy atom. The molecule has 2 unspecified atom stereocenters. The molecule has 2 aromatic rings. The zero-order valence-corrected chi connectivity index (χ0v) is 14.5. The summed E-state index contributed by atoms with van der Waals surface area (Å²) < 4.78 is 12.9. The molecule has 2 atom stereocenters. The number of aliphatic hydroxyl groups excluding tert-OH is 1. The second-order valence-electron chi connectivity index (χ2n) is 6.16. The molecule has 2 rings (SSSR count). The first-order chi connectivity index (χ1) is 12.0. The molecule has 0 radical (unpaired) electrons. The number of rotatable bonds is 7. The number of amides is 2. The molecule has 3 N–H and O–H groups in total. The number of hydrogen-bond acceptors (Lipinski definition) is 3. The van der Waals surface area contributed by atoms with Crippen LogP contribution in [0.15, 0.2) is 42.7 Å². The van der Waals surface area contributed by atoms with Crippen LogP contribution in [0.25, 0.3) is 0 Å². The number of hydrogen-bond donors (Lipinski definition) is 3. The molecule has 0 bridgehead atoms. The van der Waals surface area contributed by atoms with Crippen molar-refractivity contribution in [3.8, 4) is 0 Å². The molecular weight excluding hydrogens is 321 g/mol. The van der Waals surface area contributed by atoms with E-state index in [-0.39, 0.29) is 17.9 Å². The van der Waals surface area contributed by atoms with Gasteiger partial charge in [0, 0.05) is 25.0 Å². The zero-order chi connectivity index (χ0) is 18.2. The minimum Gasteiger partial charge on any atom is -0.388 e. The van der Waals surface area contributed by atoms with Gasteiger partial charge in [-0.2, -0.15) is 0 Å². The fourth-order valence-electron chi connectivity index (χ4n) is 2.58. The van der Waals surface area contributed by atoms with Crippen molar-refractivity contribution in [3.05, 3.63) is 65.2 Å². The topological polar surface area (TPSA) is 74.2 Å². The van der Waals surface area contributed by atoms with Crippen molar-refractivity contribution >= 4 is 6.03 Å². The lowest BCUT2D eigenvalue weighted by Crippen LogP contribution is -2.42. The molecule has 1 aromatic heterocycles. The normalized spacial score (nSPS) is 13.1. The Morgan fingerprint density at radius 3 is 2.68 bits per heavy atom. The largest absolute Gasteiger partial charge is 0.388 e. The first kappa shape index (κ1) is 18.9. The van der Waals surface area contributed by atoms with Crippen molar-refractivity contribution in [2.75, 3.05) is 6.54 Å². The van der Waals surface area contributed by atoms with Gasteiger partial charge >= 0.3 is 6.03 Å². The number of nitrogens with zero attached hydrogens (tertiary/aromatic N) is 1. The van der Waals surface area contributed by atoms with E-state index in [4.69, 9.17) is 0 Å². The van der Waals surface area contributed by atoms with E-state index in [0.29, 0.717) is 18.5 Å². The molecule has 0 aliphatic heterocycles. The summed E-state index contributed by atoms with van der Waals surface area (Å²) >= 11 is 0. The summed E-state index contributed by atoms with van der Waals surface area (Å²) in [5, 5.41) is 15.8. The molecule has 1 aromatic carbocycles. The summed E-state index contributed by atoms with van der Waals surface area (Å²) in [6.07, 6.45) is 3.86. The monoisotopic (exact) mass is 345 g/mol. The van der Waals surface area contributed by atoms with E-state index < -0.39 is 6.10 Å². The van der Waals surface area contributed by atoms with Crippen molar-refractivity contribution in [2.24, 2.45) is 0 Å². The van der Waals surface area contributed by atoms with Crippen LogP contribution in [0, 0.1) is 12.7 Å². The third-order valence-electron chi connectivity index (χ3n) is 4.03. The van der Waals surface area contributed by atoms with Gasteiger partial charge in [0.2, 0.25) is 0 Å². The van der Waals surface area contributed by atoms with Crippen LogP contribution < -0.4 is 10.6 Å². The number of aryl methyl sites for hydroxylation is 1. The molecule has 0 aliphatic carbocycles. The summed E-state index contributed by atoms with van der Waals surface area (Å²) in [5.74, 6) is -0.342. The highest BCUT2D eigenvalue weighted by Gasteiger charge is 2.14. The molecule has 0 saturated heterocycles. The van der Waals surface area contributed by atoms with Crippen LogP contribution in [0.5, 0.6) is 0 Å². The minimum atomic E-state index is -0.754. The number of carbonyl (C=O) groups excluding carboxylic acids is 1. The van der Waals surface area contributed by atoms with Crippen molar-refractivity contribution in [1.29, 1.82) is 0 Å². The van der Waals surface area contributed by atoms with Gasteiger partial charge < -0.3 is 15.7 Å². The van der Waals surface area contributed by atoms with E-state index >= 15 is 0 Å². The summed E-state index contributed by atoms with van der Waals surface area (Å²) in [6, 6.07) is 7.16. The van der Waals surface area contributed by atoms with Crippen LogP contribution in [0.3, 0.4) is 0 Å².